The van der Waals surface area contributed by atoms with Crippen molar-refractivity contribution in [3.8, 4) is 11.8 Å². The van der Waals surface area contributed by atoms with Gasteiger partial charge < -0.3 is 15.7 Å². The minimum atomic E-state index is -3.51. The van der Waals surface area contributed by atoms with Gasteiger partial charge in [0.1, 0.15) is 23.1 Å². The summed E-state index contributed by atoms with van der Waals surface area (Å²) in [7, 11) is 0. The summed E-state index contributed by atoms with van der Waals surface area (Å²) < 4.78 is 56.8. The third kappa shape index (κ3) is 7.14. The second kappa shape index (κ2) is 12.7. The molecule has 0 aliphatic carbocycles. The predicted octanol–water partition coefficient (Wildman–Crippen LogP) is 3.63. The van der Waals surface area contributed by atoms with Crippen LogP contribution in [0.3, 0.4) is 0 Å². The van der Waals surface area contributed by atoms with Gasteiger partial charge in [0.05, 0.1) is 30.9 Å². The van der Waals surface area contributed by atoms with Gasteiger partial charge in [-0.3, -0.25) is 14.8 Å². The number of aromatic nitrogens is 3. The van der Waals surface area contributed by atoms with Crippen LogP contribution < -0.4 is 10.6 Å². The number of carbonyl (C=O) groups is 1. The molecule has 0 saturated carbocycles. The van der Waals surface area contributed by atoms with Gasteiger partial charge in [-0.1, -0.05) is 6.07 Å². The second-order valence-electron chi connectivity index (χ2n) is 6.71. The highest BCUT2D eigenvalue weighted by Gasteiger charge is 2.34. The van der Waals surface area contributed by atoms with Crippen LogP contribution in [0.5, 0.6) is 5.75 Å². The standard InChI is InChI=1S/C21H16F4N6O2.2ClH/c22-13-4-3-7-27-15(13)10-29-17(32)8-14-19(33)12(9-26)18(23)20(31-14)30-11-21(24,25)16-5-1-2-6-28-16;;/h1-7,33H,8,10-11H2,(H,29,32)(H,30,31);2*1H. The summed E-state index contributed by atoms with van der Waals surface area (Å²) in [6.07, 6.45) is 1.86. The number of carbonyl (C=O) groups excluding carboxylic acids is 1. The molecule has 8 nitrogen and oxygen atoms in total. The molecule has 0 saturated heterocycles. The number of halogens is 6. The summed E-state index contributed by atoms with van der Waals surface area (Å²) in [5.41, 5.74) is -1.92. The van der Waals surface area contributed by atoms with Crippen LogP contribution in [0.25, 0.3) is 0 Å². The lowest BCUT2D eigenvalue weighted by molar-refractivity contribution is -0.120. The number of nitrogens with zero attached hydrogens (tertiary/aromatic N) is 4. The van der Waals surface area contributed by atoms with Gasteiger partial charge in [0.2, 0.25) is 5.91 Å². The minimum Gasteiger partial charge on any atom is -0.505 e. The molecule has 0 atom stereocenters. The largest absolute Gasteiger partial charge is 0.505 e. The fourth-order valence-electron chi connectivity index (χ4n) is 2.76. The molecular formula is C21H18Cl2F4N6O2. The van der Waals surface area contributed by atoms with Gasteiger partial charge >= 0.3 is 5.92 Å². The van der Waals surface area contributed by atoms with E-state index >= 15 is 0 Å². The quantitative estimate of drug-likeness (QED) is 0.378. The van der Waals surface area contributed by atoms with Crippen LogP contribution in [0, 0.1) is 23.0 Å². The Hall–Kier alpha value is -3.69. The van der Waals surface area contributed by atoms with Gasteiger partial charge in [-0.15, -0.1) is 24.8 Å². The highest BCUT2D eigenvalue weighted by atomic mass is 35.5. The Morgan fingerprint density at radius 1 is 1.09 bits per heavy atom. The molecule has 35 heavy (non-hydrogen) atoms. The van der Waals surface area contributed by atoms with Crippen molar-refractivity contribution < 1.29 is 27.5 Å². The van der Waals surface area contributed by atoms with Crippen molar-refractivity contribution in [1.29, 1.82) is 5.26 Å². The summed E-state index contributed by atoms with van der Waals surface area (Å²) in [6, 6.07) is 7.84. The van der Waals surface area contributed by atoms with E-state index in [0.29, 0.717) is 0 Å². The first-order valence-electron chi connectivity index (χ1n) is 9.43. The molecule has 14 heteroatoms. The summed E-state index contributed by atoms with van der Waals surface area (Å²) in [6.45, 7) is -1.39. The normalized spacial score (nSPS) is 10.4. The number of rotatable bonds is 8. The maximum Gasteiger partial charge on any atom is 0.306 e. The van der Waals surface area contributed by atoms with Gasteiger partial charge in [-0.05, 0) is 24.3 Å². The minimum absolute atomic E-state index is 0. The smallest absolute Gasteiger partial charge is 0.306 e. The van der Waals surface area contributed by atoms with E-state index in [1.807, 2.05) is 0 Å². The van der Waals surface area contributed by atoms with Crippen LogP contribution in [-0.4, -0.2) is 32.5 Å². The van der Waals surface area contributed by atoms with E-state index < -0.39 is 64.9 Å². The van der Waals surface area contributed by atoms with Gasteiger partial charge in [0.25, 0.3) is 0 Å². The van der Waals surface area contributed by atoms with Crippen LogP contribution in [0.15, 0.2) is 42.7 Å². The first kappa shape index (κ1) is 29.3. The fraction of sp³-hybridized carbons (Fsp3) is 0.190. The Labute approximate surface area is 209 Å². The van der Waals surface area contributed by atoms with Crippen molar-refractivity contribution in [2.45, 2.75) is 18.9 Å². The lowest BCUT2D eigenvalue weighted by Crippen LogP contribution is -2.28. The van der Waals surface area contributed by atoms with E-state index in [0.717, 1.165) is 12.1 Å². The van der Waals surface area contributed by atoms with E-state index in [2.05, 4.69) is 25.6 Å². The average molecular weight is 533 g/mol. The molecule has 0 bridgehead atoms. The van der Waals surface area contributed by atoms with Crippen LogP contribution >= 0.6 is 24.8 Å². The fourth-order valence-corrected chi connectivity index (χ4v) is 2.76. The summed E-state index contributed by atoms with van der Waals surface area (Å²) in [5.74, 6) is -7.93. The molecule has 186 valence electrons. The summed E-state index contributed by atoms with van der Waals surface area (Å²) >= 11 is 0. The molecule has 0 spiro atoms. The lowest BCUT2D eigenvalue weighted by atomic mass is 10.1. The van der Waals surface area contributed by atoms with E-state index in [9.17, 15) is 27.5 Å². The summed E-state index contributed by atoms with van der Waals surface area (Å²) in [4.78, 5) is 23.2. The molecule has 3 rings (SSSR count). The number of hydrogen-bond donors (Lipinski definition) is 3. The van der Waals surface area contributed by atoms with E-state index in [-0.39, 0.29) is 37.1 Å². The maximum atomic E-state index is 14.5. The highest BCUT2D eigenvalue weighted by molar-refractivity contribution is 5.85. The monoisotopic (exact) mass is 532 g/mol. The van der Waals surface area contributed by atoms with Crippen molar-refractivity contribution >= 4 is 36.5 Å². The molecule has 0 radical (unpaired) electrons. The first-order chi connectivity index (χ1) is 15.7. The van der Waals surface area contributed by atoms with E-state index in [4.69, 9.17) is 5.26 Å². The van der Waals surface area contributed by atoms with Crippen LogP contribution in [0.4, 0.5) is 23.4 Å². The average Bonchev–Trinajstić information content (AvgIpc) is 2.80. The maximum absolute atomic E-state index is 14.5. The lowest BCUT2D eigenvalue weighted by Gasteiger charge is -2.18. The Bertz CT molecular complexity index is 1210. The second-order valence-corrected chi connectivity index (χ2v) is 6.71. The highest BCUT2D eigenvalue weighted by Crippen LogP contribution is 2.30. The van der Waals surface area contributed by atoms with E-state index in [1.54, 1.807) is 0 Å². The molecule has 0 aliphatic rings. The zero-order valence-corrected chi connectivity index (χ0v) is 19.3. The third-order valence-electron chi connectivity index (χ3n) is 4.43. The van der Waals surface area contributed by atoms with Gasteiger partial charge in [-0.2, -0.15) is 14.0 Å². The van der Waals surface area contributed by atoms with Crippen LogP contribution in [-0.2, 0) is 23.7 Å². The number of pyridine rings is 3. The van der Waals surface area contributed by atoms with Crippen molar-refractivity contribution in [3.63, 3.8) is 0 Å². The first-order valence-corrected chi connectivity index (χ1v) is 9.43. The van der Waals surface area contributed by atoms with Gasteiger partial charge in [0, 0.05) is 12.4 Å². The zero-order valence-electron chi connectivity index (χ0n) is 17.6. The predicted molar refractivity (Wildman–Crippen MR) is 121 cm³/mol. The van der Waals surface area contributed by atoms with Crippen LogP contribution in [0.2, 0.25) is 0 Å². The number of nitriles is 1. The number of anilines is 1. The molecule has 0 fully saturated rings. The SMILES string of the molecule is Cl.Cl.N#Cc1c(O)c(CC(=O)NCc2ncccc2F)nc(NCC(F)(F)c2ccccn2)c1F. The van der Waals surface area contributed by atoms with Crippen molar-refractivity contribution in [2.24, 2.45) is 0 Å². The number of aromatic hydroxyl groups is 1. The Balaban J connectivity index is 0.00000306. The Morgan fingerprint density at radius 2 is 1.80 bits per heavy atom. The molecule has 3 aromatic rings. The van der Waals surface area contributed by atoms with Gasteiger partial charge in [0.15, 0.2) is 17.4 Å². The number of amides is 1. The summed E-state index contributed by atoms with van der Waals surface area (Å²) in [5, 5.41) is 23.7. The third-order valence-corrected chi connectivity index (χ3v) is 4.43. The van der Waals surface area contributed by atoms with Crippen molar-refractivity contribution in [1.82, 2.24) is 20.3 Å². The topological polar surface area (TPSA) is 124 Å². The molecule has 0 aromatic carbocycles. The Morgan fingerprint density at radius 3 is 2.43 bits per heavy atom. The number of nitrogens with one attached hydrogen (secondary N) is 2. The Kier molecular flexibility index (Phi) is 10.6. The van der Waals surface area contributed by atoms with E-state index in [1.165, 1.54) is 36.7 Å². The molecular weight excluding hydrogens is 515 g/mol. The van der Waals surface area contributed by atoms with Crippen molar-refractivity contribution in [2.75, 3.05) is 11.9 Å². The number of alkyl halides is 2. The molecule has 3 N–H and O–H groups in total. The molecule has 3 aromatic heterocycles. The molecule has 0 aliphatic heterocycles. The molecule has 0 unspecified atom stereocenters. The molecule has 1 amide bonds. The van der Waals surface area contributed by atoms with Crippen LogP contribution in [0.1, 0.15) is 22.6 Å². The van der Waals surface area contributed by atoms with Gasteiger partial charge in [-0.25, -0.2) is 13.8 Å². The molecule has 3 heterocycles. The van der Waals surface area contributed by atoms with Crippen molar-refractivity contribution in [3.05, 3.63) is 77.0 Å². The zero-order chi connectivity index (χ0) is 24.0. The number of hydrogen-bond acceptors (Lipinski definition) is 7.